The van der Waals surface area contributed by atoms with E-state index in [1.54, 1.807) is 13.1 Å². The molecule has 2 heterocycles. The highest BCUT2D eigenvalue weighted by molar-refractivity contribution is 7.16. The molecule has 1 aliphatic heterocycles. The molecule has 4 amide bonds. The maximum absolute atomic E-state index is 12.2. The molecule has 1 saturated heterocycles. The molecule has 1 aromatic heterocycles. The lowest BCUT2D eigenvalue weighted by Gasteiger charge is -2.20. The van der Waals surface area contributed by atoms with E-state index in [-0.39, 0.29) is 24.3 Å². The number of urea groups is 1. The first-order chi connectivity index (χ1) is 10.3. The second-order valence-corrected chi connectivity index (χ2v) is 7.35. The average Bonchev–Trinajstić information content (AvgIpc) is 2.96. The monoisotopic (exact) mass is 343 g/mol. The van der Waals surface area contributed by atoms with Crippen LogP contribution in [0.25, 0.3) is 0 Å². The van der Waals surface area contributed by atoms with Crippen molar-refractivity contribution in [3.8, 4) is 0 Å². The third-order valence-electron chi connectivity index (χ3n) is 3.46. The van der Waals surface area contributed by atoms with E-state index in [9.17, 15) is 14.4 Å². The molecule has 0 bridgehead atoms. The van der Waals surface area contributed by atoms with Crippen molar-refractivity contribution in [2.45, 2.75) is 26.4 Å². The lowest BCUT2D eigenvalue weighted by atomic mass is 10.1. The first-order valence-corrected chi connectivity index (χ1v) is 8.09. The van der Waals surface area contributed by atoms with Crippen molar-refractivity contribution in [3.05, 3.63) is 21.3 Å². The minimum Gasteiger partial charge on any atom is -0.339 e. The standard InChI is InChI=1S/C14H18ClN3O3S/c1-8(2)12-13(20)18(14(21)16-12)7-11(19)17(3)6-9-4-5-10(15)22-9/h4-5,8,12H,6-7H2,1-3H3,(H,16,21)/t12-/m0/s1. The maximum Gasteiger partial charge on any atom is 0.325 e. The normalized spacial score (nSPS) is 18.0. The van der Waals surface area contributed by atoms with Gasteiger partial charge in [0.15, 0.2) is 0 Å². The quantitative estimate of drug-likeness (QED) is 0.830. The van der Waals surface area contributed by atoms with Crippen LogP contribution in [0.5, 0.6) is 0 Å². The van der Waals surface area contributed by atoms with Gasteiger partial charge in [0.2, 0.25) is 5.91 Å². The Balaban J connectivity index is 1.96. The minimum absolute atomic E-state index is 0.0115. The van der Waals surface area contributed by atoms with Gasteiger partial charge in [-0.2, -0.15) is 0 Å². The molecule has 1 fully saturated rings. The highest BCUT2D eigenvalue weighted by atomic mass is 35.5. The number of halogens is 1. The second kappa shape index (κ2) is 6.66. The summed E-state index contributed by atoms with van der Waals surface area (Å²) in [6.07, 6.45) is 0. The van der Waals surface area contributed by atoms with Crippen LogP contribution in [0, 0.1) is 5.92 Å². The van der Waals surface area contributed by atoms with E-state index >= 15 is 0 Å². The van der Waals surface area contributed by atoms with Crippen LogP contribution in [0.15, 0.2) is 12.1 Å². The molecule has 0 unspecified atom stereocenters. The van der Waals surface area contributed by atoms with Crippen molar-refractivity contribution < 1.29 is 14.4 Å². The number of likely N-dealkylation sites (N-methyl/N-ethyl adjacent to an activating group) is 1. The van der Waals surface area contributed by atoms with Gasteiger partial charge in [-0.25, -0.2) is 4.79 Å². The molecule has 1 atom stereocenters. The van der Waals surface area contributed by atoms with Gasteiger partial charge >= 0.3 is 6.03 Å². The van der Waals surface area contributed by atoms with E-state index < -0.39 is 12.1 Å². The fourth-order valence-electron chi connectivity index (χ4n) is 2.16. The number of thiophene rings is 1. The number of amides is 4. The molecule has 6 nitrogen and oxygen atoms in total. The zero-order chi connectivity index (χ0) is 16.4. The van der Waals surface area contributed by atoms with E-state index in [0.717, 1.165) is 9.78 Å². The first-order valence-electron chi connectivity index (χ1n) is 6.89. The van der Waals surface area contributed by atoms with Gasteiger partial charge in [0, 0.05) is 11.9 Å². The molecular formula is C14H18ClN3O3S. The number of carbonyl (C=O) groups is 3. The lowest BCUT2D eigenvalue weighted by Crippen LogP contribution is -2.42. The van der Waals surface area contributed by atoms with Crippen LogP contribution in [0.4, 0.5) is 4.79 Å². The Labute approximate surface area is 138 Å². The third kappa shape index (κ3) is 3.59. The van der Waals surface area contributed by atoms with Crippen molar-refractivity contribution in [2.75, 3.05) is 13.6 Å². The number of imide groups is 1. The lowest BCUT2D eigenvalue weighted by molar-refractivity contribution is -0.137. The second-order valence-electron chi connectivity index (χ2n) is 5.55. The minimum atomic E-state index is -0.554. The van der Waals surface area contributed by atoms with E-state index in [1.807, 2.05) is 19.9 Å². The number of nitrogens with zero attached hydrogens (tertiary/aromatic N) is 2. The summed E-state index contributed by atoms with van der Waals surface area (Å²) >= 11 is 7.25. The molecule has 1 aromatic rings. The smallest absolute Gasteiger partial charge is 0.325 e. The Kier molecular flexibility index (Phi) is 5.08. The van der Waals surface area contributed by atoms with Crippen LogP contribution in [-0.2, 0) is 16.1 Å². The van der Waals surface area contributed by atoms with Crippen LogP contribution in [0.3, 0.4) is 0 Å². The van der Waals surface area contributed by atoms with Crippen LogP contribution in [0.2, 0.25) is 4.34 Å². The zero-order valence-corrected chi connectivity index (χ0v) is 14.2. The summed E-state index contributed by atoms with van der Waals surface area (Å²) in [6.45, 7) is 3.85. The van der Waals surface area contributed by atoms with Gasteiger partial charge in [0.05, 0.1) is 10.9 Å². The number of hydrogen-bond donors (Lipinski definition) is 1. The van der Waals surface area contributed by atoms with Crippen molar-refractivity contribution >= 4 is 40.8 Å². The number of rotatable bonds is 5. The summed E-state index contributed by atoms with van der Waals surface area (Å²) in [5.74, 6) is -0.652. The summed E-state index contributed by atoms with van der Waals surface area (Å²) in [5, 5.41) is 2.60. The molecular weight excluding hydrogens is 326 g/mol. The largest absolute Gasteiger partial charge is 0.339 e. The summed E-state index contributed by atoms with van der Waals surface area (Å²) in [5.41, 5.74) is 0. The molecule has 22 heavy (non-hydrogen) atoms. The van der Waals surface area contributed by atoms with E-state index in [4.69, 9.17) is 11.6 Å². The Morgan fingerprint density at radius 2 is 2.14 bits per heavy atom. The summed E-state index contributed by atoms with van der Waals surface area (Å²) in [7, 11) is 1.63. The van der Waals surface area contributed by atoms with Gasteiger partial charge in [-0.15, -0.1) is 11.3 Å². The van der Waals surface area contributed by atoms with Gasteiger partial charge in [-0.1, -0.05) is 25.4 Å². The topological polar surface area (TPSA) is 69.7 Å². The fourth-order valence-corrected chi connectivity index (χ4v) is 3.30. The maximum atomic E-state index is 12.2. The summed E-state index contributed by atoms with van der Waals surface area (Å²) < 4.78 is 0.657. The molecule has 0 saturated carbocycles. The van der Waals surface area contributed by atoms with Crippen LogP contribution < -0.4 is 5.32 Å². The SMILES string of the molecule is CC(C)[C@@H]1NC(=O)N(CC(=O)N(C)Cc2ccc(Cl)s2)C1=O. The third-order valence-corrected chi connectivity index (χ3v) is 4.68. The molecule has 0 spiro atoms. The molecule has 1 aliphatic rings. The Morgan fingerprint density at radius 1 is 1.45 bits per heavy atom. The summed E-state index contributed by atoms with van der Waals surface area (Å²) in [6, 6.07) is 2.55. The van der Waals surface area contributed by atoms with Gasteiger partial charge in [0.25, 0.3) is 5.91 Å². The number of carbonyl (C=O) groups excluding carboxylic acids is 3. The van der Waals surface area contributed by atoms with Crippen molar-refractivity contribution in [2.24, 2.45) is 5.92 Å². The zero-order valence-electron chi connectivity index (χ0n) is 12.6. The Bertz CT molecular complexity index is 602. The van der Waals surface area contributed by atoms with Crippen LogP contribution >= 0.6 is 22.9 Å². The van der Waals surface area contributed by atoms with Crippen molar-refractivity contribution in [1.82, 2.24) is 15.1 Å². The number of nitrogens with one attached hydrogen (secondary N) is 1. The average molecular weight is 344 g/mol. The first kappa shape index (κ1) is 16.8. The van der Waals surface area contributed by atoms with Crippen LogP contribution in [0.1, 0.15) is 18.7 Å². The van der Waals surface area contributed by atoms with Gasteiger partial charge < -0.3 is 10.2 Å². The molecule has 0 aromatic carbocycles. The molecule has 8 heteroatoms. The van der Waals surface area contributed by atoms with Crippen molar-refractivity contribution in [1.29, 1.82) is 0 Å². The molecule has 0 radical (unpaired) electrons. The van der Waals surface area contributed by atoms with Gasteiger partial charge in [-0.3, -0.25) is 14.5 Å². The van der Waals surface area contributed by atoms with E-state index in [0.29, 0.717) is 10.9 Å². The van der Waals surface area contributed by atoms with E-state index in [2.05, 4.69) is 5.32 Å². The van der Waals surface area contributed by atoms with E-state index in [1.165, 1.54) is 16.2 Å². The Morgan fingerprint density at radius 3 is 2.64 bits per heavy atom. The van der Waals surface area contributed by atoms with Crippen molar-refractivity contribution in [3.63, 3.8) is 0 Å². The molecule has 1 N–H and O–H groups in total. The predicted octanol–water partition coefficient (Wildman–Crippen LogP) is 1.94. The highest BCUT2D eigenvalue weighted by Crippen LogP contribution is 2.22. The fraction of sp³-hybridized carbons (Fsp3) is 0.500. The molecule has 2 rings (SSSR count). The van der Waals surface area contributed by atoms with Crippen LogP contribution in [-0.4, -0.2) is 47.3 Å². The molecule has 0 aliphatic carbocycles. The number of hydrogen-bond acceptors (Lipinski definition) is 4. The van der Waals surface area contributed by atoms with Gasteiger partial charge in [0.1, 0.15) is 12.6 Å². The van der Waals surface area contributed by atoms with Gasteiger partial charge in [-0.05, 0) is 18.1 Å². The highest BCUT2D eigenvalue weighted by Gasteiger charge is 2.40. The molecule has 120 valence electrons. The predicted molar refractivity (Wildman–Crippen MR) is 84.7 cm³/mol. The Hall–Kier alpha value is -1.60. The summed E-state index contributed by atoms with van der Waals surface area (Å²) in [4.78, 5) is 39.6.